The summed E-state index contributed by atoms with van der Waals surface area (Å²) in [5.74, 6) is 0.820. The molecule has 6 aromatic rings. The summed E-state index contributed by atoms with van der Waals surface area (Å²) in [6.45, 7) is 0.370. The van der Waals surface area contributed by atoms with E-state index in [0.29, 0.717) is 40.8 Å². The highest BCUT2D eigenvalue weighted by atomic mass is 16.5. The Hall–Kier alpha value is -5.63. The number of ether oxygens (including phenoxy) is 1. The van der Waals surface area contributed by atoms with E-state index in [1.807, 2.05) is 65.2 Å². The lowest BCUT2D eigenvalue weighted by molar-refractivity contribution is 0.101. The van der Waals surface area contributed by atoms with E-state index >= 15 is 0 Å². The first-order chi connectivity index (χ1) is 19.4. The second kappa shape index (κ2) is 10.3. The molecule has 0 saturated heterocycles. The molecule has 196 valence electrons. The van der Waals surface area contributed by atoms with Crippen molar-refractivity contribution in [3.8, 4) is 11.6 Å². The van der Waals surface area contributed by atoms with Crippen molar-refractivity contribution in [2.24, 2.45) is 5.73 Å². The molecule has 0 spiro atoms. The fraction of sp³-hybridized carbons (Fsp3) is 0.0312. The Morgan fingerprint density at radius 1 is 0.900 bits per heavy atom. The van der Waals surface area contributed by atoms with E-state index in [1.54, 1.807) is 42.6 Å². The molecule has 8 nitrogen and oxygen atoms in total. The van der Waals surface area contributed by atoms with Crippen LogP contribution in [0.4, 0.5) is 11.4 Å². The monoisotopic (exact) mass is 526 g/mol. The van der Waals surface area contributed by atoms with E-state index in [-0.39, 0.29) is 11.7 Å². The van der Waals surface area contributed by atoms with Gasteiger partial charge in [-0.1, -0.05) is 42.5 Å². The molecule has 40 heavy (non-hydrogen) atoms. The van der Waals surface area contributed by atoms with Crippen LogP contribution >= 0.6 is 0 Å². The summed E-state index contributed by atoms with van der Waals surface area (Å²) in [6, 6.07) is 31.9. The standard InChI is InChI=1S/C32H26N6O2/c33-24-10-12-25(13-11-24)37-32(39)29-17-21-8-9-22(31(34)35)18-28(21)38(29)19-23-16-26(40-30-7-3-4-14-36-30)15-20-5-1-2-6-27(20)23/h1-18H,19,33H2,(H3,34,35)(H,37,39). The molecule has 2 heterocycles. The fourth-order valence-corrected chi connectivity index (χ4v) is 4.79. The van der Waals surface area contributed by atoms with Gasteiger partial charge in [0.05, 0.1) is 0 Å². The molecule has 1 amide bonds. The highest BCUT2D eigenvalue weighted by Crippen LogP contribution is 2.31. The summed E-state index contributed by atoms with van der Waals surface area (Å²) in [4.78, 5) is 17.9. The summed E-state index contributed by atoms with van der Waals surface area (Å²) in [7, 11) is 0. The molecular formula is C32H26N6O2. The van der Waals surface area contributed by atoms with E-state index in [9.17, 15) is 4.79 Å². The minimum Gasteiger partial charge on any atom is -0.439 e. The van der Waals surface area contributed by atoms with Crippen molar-refractivity contribution >= 4 is 44.8 Å². The van der Waals surface area contributed by atoms with Gasteiger partial charge >= 0.3 is 0 Å². The number of fused-ring (bicyclic) bond motifs is 2. The number of hydrogen-bond donors (Lipinski definition) is 4. The number of nitrogens with zero attached hydrogens (tertiary/aromatic N) is 2. The number of carbonyl (C=O) groups excluding carboxylic acids is 1. The SMILES string of the molecule is N=C(N)c1ccc2cc(C(=O)Nc3ccc(N)cc3)n(Cc3cc(Oc4ccccn4)cc4ccccc34)c2c1. The molecule has 0 fully saturated rings. The zero-order chi connectivity index (χ0) is 27.6. The number of nitrogens with two attached hydrogens (primary N) is 2. The number of hydrogen-bond acceptors (Lipinski definition) is 5. The zero-order valence-corrected chi connectivity index (χ0v) is 21.5. The number of carbonyl (C=O) groups is 1. The number of rotatable bonds is 7. The predicted molar refractivity (Wildman–Crippen MR) is 159 cm³/mol. The van der Waals surface area contributed by atoms with Crippen molar-refractivity contribution in [2.45, 2.75) is 6.54 Å². The van der Waals surface area contributed by atoms with Crippen LogP contribution in [0.25, 0.3) is 21.7 Å². The van der Waals surface area contributed by atoms with Crippen molar-refractivity contribution in [3.63, 3.8) is 0 Å². The lowest BCUT2D eigenvalue weighted by Gasteiger charge is -2.15. The van der Waals surface area contributed by atoms with Gasteiger partial charge in [-0.05, 0) is 70.9 Å². The molecular weight excluding hydrogens is 500 g/mol. The van der Waals surface area contributed by atoms with Crippen LogP contribution in [0.5, 0.6) is 11.6 Å². The highest BCUT2D eigenvalue weighted by molar-refractivity contribution is 6.07. The molecule has 0 radical (unpaired) electrons. The lowest BCUT2D eigenvalue weighted by atomic mass is 10.0. The number of nitrogens with one attached hydrogen (secondary N) is 2. The third-order valence-electron chi connectivity index (χ3n) is 6.73. The van der Waals surface area contributed by atoms with Crippen molar-refractivity contribution in [1.82, 2.24) is 9.55 Å². The Labute approximate surface area is 230 Å². The Morgan fingerprint density at radius 2 is 1.70 bits per heavy atom. The number of anilines is 2. The maximum Gasteiger partial charge on any atom is 0.272 e. The number of nitrogen functional groups attached to an aromatic ring is 2. The third-order valence-corrected chi connectivity index (χ3v) is 6.73. The first-order valence-corrected chi connectivity index (χ1v) is 12.7. The van der Waals surface area contributed by atoms with Crippen LogP contribution in [-0.4, -0.2) is 21.3 Å². The average molecular weight is 527 g/mol. The molecule has 2 aromatic heterocycles. The third kappa shape index (κ3) is 4.93. The van der Waals surface area contributed by atoms with Crippen LogP contribution in [0.15, 0.2) is 109 Å². The summed E-state index contributed by atoms with van der Waals surface area (Å²) in [5.41, 5.74) is 15.7. The van der Waals surface area contributed by atoms with Crippen LogP contribution in [0, 0.1) is 5.41 Å². The Kier molecular flexibility index (Phi) is 6.34. The second-order valence-electron chi connectivity index (χ2n) is 9.45. The maximum absolute atomic E-state index is 13.6. The Morgan fingerprint density at radius 3 is 2.48 bits per heavy atom. The molecule has 4 aromatic carbocycles. The van der Waals surface area contributed by atoms with Crippen LogP contribution in [0.3, 0.4) is 0 Å². The van der Waals surface area contributed by atoms with Gasteiger partial charge in [0, 0.05) is 46.6 Å². The van der Waals surface area contributed by atoms with Gasteiger partial charge in [0.15, 0.2) is 0 Å². The number of benzene rings is 4. The average Bonchev–Trinajstić information content (AvgIpc) is 3.32. The van der Waals surface area contributed by atoms with E-state index in [4.69, 9.17) is 21.6 Å². The fourth-order valence-electron chi connectivity index (χ4n) is 4.79. The molecule has 0 atom stereocenters. The second-order valence-corrected chi connectivity index (χ2v) is 9.45. The number of amides is 1. The molecule has 0 aliphatic carbocycles. The molecule has 6 rings (SSSR count). The first kappa shape index (κ1) is 24.7. The maximum atomic E-state index is 13.6. The molecule has 0 aliphatic rings. The van der Waals surface area contributed by atoms with Gasteiger partial charge in [0.25, 0.3) is 5.91 Å². The summed E-state index contributed by atoms with van der Waals surface area (Å²) in [5, 5.41) is 13.8. The quantitative estimate of drug-likeness (QED) is 0.113. The van der Waals surface area contributed by atoms with Gasteiger partial charge in [-0.15, -0.1) is 0 Å². The number of pyridine rings is 1. The predicted octanol–water partition coefficient (Wildman–Crippen LogP) is 6.15. The van der Waals surface area contributed by atoms with Crippen LogP contribution in [0.2, 0.25) is 0 Å². The number of aromatic nitrogens is 2. The minimum absolute atomic E-state index is 0.0428. The minimum atomic E-state index is -0.268. The topological polar surface area (TPSA) is 132 Å². The van der Waals surface area contributed by atoms with E-state index in [1.165, 1.54) is 0 Å². The zero-order valence-electron chi connectivity index (χ0n) is 21.5. The molecule has 0 saturated carbocycles. The van der Waals surface area contributed by atoms with Crippen molar-refractivity contribution < 1.29 is 9.53 Å². The summed E-state index contributed by atoms with van der Waals surface area (Å²) < 4.78 is 8.04. The van der Waals surface area contributed by atoms with Gasteiger partial charge in [-0.25, -0.2) is 4.98 Å². The molecule has 0 unspecified atom stereocenters. The van der Waals surface area contributed by atoms with Gasteiger partial charge in [0.2, 0.25) is 5.88 Å². The molecule has 6 N–H and O–H groups in total. The van der Waals surface area contributed by atoms with Crippen LogP contribution < -0.4 is 21.5 Å². The normalized spacial score (nSPS) is 11.0. The van der Waals surface area contributed by atoms with Gasteiger partial charge < -0.3 is 26.1 Å². The smallest absolute Gasteiger partial charge is 0.272 e. The summed E-state index contributed by atoms with van der Waals surface area (Å²) >= 11 is 0. The van der Waals surface area contributed by atoms with Gasteiger partial charge in [-0.2, -0.15) is 0 Å². The number of amidine groups is 1. The summed E-state index contributed by atoms with van der Waals surface area (Å²) in [6.07, 6.45) is 1.68. The van der Waals surface area contributed by atoms with Crippen molar-refractivity contribution in [3.05, 3.63) is 126 Å². The van der Waals surface area contributed by atoms with Crippen LogP contribution in [0.1, 0.15) is 21.6 Å². The van der Waals surface area contributed by atoms with Crippen LogP contribution in [-0.2, 0) is 6.54 Å². The first-order valence-electron chi connectivity index (χ1n) is 12.7. The van der Waals surface area contributed by atoms with Gasteiger partial charge in [0.1, 0.15) is 17.3 Å². The van der Waals surface area contributed by atoms with Crippen molar-refractivity contribution in [2.75, 3.05) is 11.1 Å². The molecule has 8 heteroatoms. The Bertz CT molecular complexity index is 1880. The van der Waals surface area contributed by atoms with Gasteiger partial charge in [-0.3, -0.25) is 10.2 Å². The van der Waals surface area contributed by atoms with E-state index < -0.39 is 0 Å². The van der Waals surface area contributed by atoms with Crippen molar-refractivity contribution in [1.29, 1.82) is 5.41 Å². The largest absolute Gasteiger partial charge is 0.439 e. The van der Waals surface area contributed by atoms with E-state index in [2.05, 4.69) is 16.4 Å². The van der Waals surface area contributed by atoms with E-state index in [0.717, 1.165) is 27.2 Å². The lowest BCUT2D eigenvalue weighted by Crippen LogP contribution is -2.18. The molecule has 0 aliphatic heterocycles. The highest BCUT2D eigenvalue weighted by Gasteiger charge is 2.19. The Balaban J connectivity index is 1.47. The molecule has 0 bridgehead atoms.